The minimum absolute atomic E-state index is 0.0617. The molecule has 2 aromatic rings. The van der Waals surface area contributed by atoms with Crippen LogP contribution in [-0.2, 0) is 4.79 Å². The molecule has 0 radical (unpaired) electrons. The van der Waals surface area contributed by atoms with E-state index in [4.69, 9.17) is 9.26 Å². The maximum absolute atomic E-state index is 11.2. The zero-order chi connectivity index (χ0) is 19.3. The standard InChI is InChI=1S/C22H27N3O3/c1-13(23-14(2)26)21-9-20(24-28-21)22-18-10-25(11-19(18)22)16-5-7-17(8-6-16)27-12-15-3-4-15/h5-9,13,15,18-19,22H,3-4,10-12H2,1-2H3,(H,23,26)/t13-,18-,19+,22?/m0/s1. The zero-order valence-corrected chi connectivity index (χ0v) is 16.4. The van der Waals surface area contributed by atoms with E-state index in [1.807, 2.05) is 13.0 Å². The Balaban J connectivity index is 1.16. The highest BCUT2D eigenvalue weighted by Gasteiger charge is 2.57. The van der Waals surface area contributed by atoms with Gasteiger partial charge in [0.1, 0.15) is 5.75 Å². The van der Waals surface area contributed by atoms with Gasteiger partial charge in [0.15, 0.2) is 5.76 Å². The number of nitrogens with one attached hydrogen (secondary N) is 1. The summed E-state index contributed by atoms with van der Waals surface area (Å²) in [7, 11) is 0. The lowest BCUT2D eigenvalue weighted by molar-refractivity contribution is -0.119. The molecule has 1 unspecified atom stereocenters. The van der Waals surface area contributed by atoms with Crippen molar-refractivity contribution < 1.29 is 14.1 Å². The molecular weight excluding hydrogens is 354 g/mol. The second-order valence-electron chi connectivity index (χ2n) is 8.58. The van der Waals surface area contributed by atoms with Gasteiger partial charge in [0.2, 0.25) is 5.91 Å². The molecule has 4 atom stereocenters. The summed E-state index contributed by atoms with van der Waals surface area (Å²) in [5.41, 5.74) is 2.30. The molecule has 6 heteroatoms. The highest BCUT2D eigenvalue weighted by atomic mass is 16.5. The Kier molecular flexibility index (Phi) is 4.29. The van der Waals surface area contributed by atoms with Crippen LogP contribution in [-0.4, -0.2) is 30.8 Å². The number of carbonyl (C=O) groups excluding carboxylic acids is 1. The molecule has 1 amide bonds. The van der Waals surface area contributed by atoms with Gasteiger partial charge >= 0.3 is 0 Å². The first-order valence-corrected chi connectivity index (χ1v) is 10.3. The molecule has 1 saturated heterocycles. The minimum atomic E-state index is -0.144. The number of nitrogens with zero attached hydrogens (tertiary/aromatic N) is 2. The highest BCUT2D eigenvalue weighted by molar-refractivity contribution is 5.73. The molecule has 1 aromatic carbocycles. The van der Waals surface area contributed by atoms with Gasteiger partial charge in [0, 0.05) is 37.7 Å². The fourth-order valence-corrected chi connectivity index (χ4v) is 4.47. The molecule has 28 heavy (non-hydrogen) atoms. The number of hydrogen-bond donors (Lipinski definition) is 1. The fraction of sp³-hybridized carbons (Fsp3) is 0.545. The first kappa shape index (κ1) is 17.6. The average Bonchev–Trinajstić information content (AvgIpc) is 3.52. The van der Waals surface area contributed by atoms with E-state index in [0.717, 1.165) is 42.8 Å². The van der Waals surface area contributed by atoms with Gasteiger partial charge in [0.05, 0.1) is 18.3 Å². The maximum atomic E-state index is 11.2. The monoisotopic (exact) mass is 381 g/mol. The van der Waals surface area contributed by atoms with Gasteiger partial charge in [-0.2, -0.15) is 0 Å². The summed E-state index contributed by atoms with van der Waals surface area (Å²) in [6.45, 7) is 6.40. The topological polar surface area (TPSA) is 67.6 Å². The molecule has 1 aromatic heterocycles. The van der Waals surface area contributed by atoms with Crippen molar-refractivity contribution in [2.45, 2.75) is 38.6 Å². The van der Waals surface area contributed by atoms with Crippen LogP contribution in [0.5, 0.6) is 5.75 Å². The van der Waals surface area contributed by atoms with Crippen molar-refractivity contribution in [2.75, 3.05) is 24.6 Å². The molecule has 0 bridgehead atoms. The summed E-state index contributed by atoms with van der Waals surface area (Å²) >= 11 is 0. The Bertz CT molecular complexity index is 846. The summed E-state index contributed by atoms with van der Waals surface area (Å²) in [5.74, 6) is 4.18. The largest absolute Gasteiger partial charge is 0.493 e. The van der Waals surface area contributed by atoms with Gasteiger partial charge in [-0.3, -0.25) is 4.79 Å². The van der Waals surface area contributed by atoms with Crippen molar-refractivity contribution in [3.63, 3.8) is 0 Å². The molecule has 2 saturated carbocycles. The van der Waals surface area contributed by atoms with Crippen LogP contribution in [0.25, 0.3) is 0 Å². The third-order valence-electron chi connectivity index (χ3n) is 6.31. The fourth-order valence-electron chi connectivity index (χ4n) is 4.47. The molecule has 5 rings (SSSR count). The normalized spacial score (nSPS) is 26.6. The van der Waals surface area contributed by atoms with Crippen LogP contribution in [0, 0.1) is 17.8 Å². The molecule has 2 heterocycles. The van der Waals surface area contributed by atoms with Crippen LogP contribution in [0.4, 0.5) is 5.69 Å². The molecular formula is C22H27N3O3. The van der Waals surface area contributed by atoms with E-state index < -0.39 is 0 Å². The predicted molar refractivity (Wildman–Crippen MR) is 105 cm³/mol. The number of rotatable bonds is 7. The second-order valence-corrected chi connectivity index (χ2v) is 8.58. The number of anilines is 1. The van der Waals surface area contributed by atoms with Crippen LogP contribution >= 0.6 is 0 Å². The number of hydrogen-bond acceptors (Lipinski definition) is 5. The van der Waals surface area contributed by atoms with Gasteiger partial charge in [-0.05, 0) is 61.8 Å². The first-order chi connectivity index (χ1) is 13.6. The lowest BCUT2D eigenvalue weighted by atomic mass is 10.1. The molecule has 3 aliphatic rings. The Morgan fingerprint density at radius 2 is 2.00 bits per heavy atom. The van der Waals surface area contributed by atoms with E-state index in [0.29, 0.717) is 17.8 Å². The second kappa shape index (κ2) is 6.83. The Morgan fingerprint density at radius 3 is 2.64 bits per heavy atom. The summed E-state index contributed by atoms with van der Waals surface area (Å²) in [6.07, 6.45) is 2.63. The van der Waals surface area contributed by atoms with Crippen molar-refractivity contribution in [3.8, 4) is 5.75 Å². The van der Waals surface area contributed by atoms with E-state index in [2.05, 4.69) is 39.6 Å². The number of aromatic nitrogens is 1. The Labute approximate surface area is 165 Å². The van der Waals surface area contributed by atoms with Crippen LogP contribution in [0.15, 0.2) is 34.9 Å². The SMILES string of the molecule is CC(=O)N[C@@H](C)c1cc(C2[C@H]3CN(c4ccc(OCC5CC5)cc4)C[C@@H]23)no1. The average molecular weight is 381 g/mol. The van der Waals surface area contributed by atoms with E-state index in [-0.39, 0.29) is 11.9 Å². The molecule has 1 N–H and O–H groups in total. The van der Waals surface area contributed by atoms with E-state index in [1.54, 1.807) is 0 Å². The predicted octanol–water partition coefficient (Wildman–Crippen LogP) is 3.51. The molecule has 6 nitrogen and oxygen atoms in total. The van der Waals surface area contributed by atoms with E-state index in [1.165, 1.54) is 25.5 Å². The maximum Gasteiger partial charge on any atom is 0.217 e. The lowest BCUT2D eigenvalue weighted by Gasteiger charge is -2.22. The molecule has 2 aliphatic carbocycles. The van der Waals surface area contributed by atoms with Gasteiger partial charge in [-0.1, -0.05) is 5.16 Å². The van der Waals surface area contributed by atoms with Gasteiger partial charge in [-0.15, -0.1) is 0 Å². The van der Waals surface area contributed by atoms with E-state index in [9.17, 15) is 4.79 Å². The van der Waals surface area contributed by atoms with Gasteiger partial charge < -0.3 is 19.5 Å². The van der Waals surface area contributed by atoms with Gasteiger partial charge in [-0.25, -0.2) is 0 Å². The van der Waals surface area contributed by atoms with Crippen molar-refractivity contribution in [1.82, 2.24) is 10.5 Å². The quantitative estimate of drug-likeness (QED) is 0.795. The van der Waals surface area contributed by atoms with Crippen molar-refractivity contribution >= 4 is 11.6 Å². The van der Waals surface area contributed by atoms with Crippen LogP contribution in [0.3, 0.4) is 0 Å². The Morgan fingerprint density at radius 1 is 1.29 bits per heavy atom. The van der Waals surface area contributed by atoms with Crippen LogP contribution in [0.1, 0.15) is 50.1 Å². The number of benzene rings is 1. The van der Waals surface area contributed by atoms with E-state index >= 15 is 0 Å². The molecule has 1 aliphatic heterocycles. The summed E-state index contributed by atoms with van der Waals surface area (Å²) in [6, 6.07) is 10.4. The number of ether oxygens (including phenoxy) is 1. The Hall–Kier alpha value is -2.50. The summed E-state index contributed by atoms with van der Waals surface area (Å²) in [5, 5.41) is 7.12. The summed E-state index contributed by atoms with van der Waals surface area (Å²) in [4.78, 5) is 13.7. The molecule has 3 fully saturated rings. The zero-order valence-electron chi connectivity index (χ0n) is 16.4. The number of amides is 1. The minimum Gasteiger partial charge on any atom is -0.493 e. The third-order valence-corrected chi connectivity index (χ3v) is 6.31. The lowest BCUT2D eigenvalue weighted by Crippen LogP contribution is -2.23. The smallest absolute Gasteiger partial charge is 0.217 e. The van der Waals surface area contributed by atoms with Gasteiger partial charge in [0.25, 0.3) is 0 Å². The molecule has 0 spiro atoms. The van der Waals surface area contributed by atoms with Crippen LogP contribution in [0.2, 0.25) is 0 Å². The van der Waals surface area contributed by atoms with Crippen molar-refractivity contribution in [3.05, 3.63) is 41.8 Å². The van der Waals surface area contributed by atoms with Crippen LogP contribution < -0.4 is 15.0 Å². The third kappa shape index (κ3) is 3.48. The summed E-state index contributed by atoms with van der Waals surface area (Å²) < 4.78 is 11.3. The molecule has 148 valence electrons. The highest BCUT2D eigenvalue weighted by Crippen LogP contribution is 2.58. The number of fused-ring (bicyclic) bond motifs is 1. The van der Waals surface area contributed by atoms with Crippen molar-refractivity contribution in [2.24, 2.45) is 17.8 Å². The number of carbonyl (C=O) groups is 1. The first-order valence-electron chi connectivity index (χ1n) is 10.3. The van der Waals surface area contributed by atoms with Crippen molar-refractivity contribution in [1.29, 1.82) is 0 Å². The number of piperidine rings is 1.